The van der Waals surface area contributed by atoms with Crippen molar-refractivity contribution in [2.24, 2.45) is 0 Å². The molecule has 0 aliphatic heterocycles. The van der Waals surface area contributed by atoms with Crippen LogP contribution in [0.15, 0.2) is 170 Å². The van der Waals surface area contributed by atoms with Crippen LogP contribution in [0.2, 0.25) is 0 Å². The highest BCUT2D eigenvalue weighted by Gasteiger charge is 2.52. The Bertz CT molecular complexity index is 3420. The number of hydrogen-bond donors (Lipinski definition) is 0. The van der Waals surface area contributed by atoms with Gasteiger partial charge in [-0.3, -0.25) is 0 Å². The van der Waals surface area contributed by atoms with Gasteiger partial charge < -0.3 is 4.57 Å². The van der Waals surface area contributed by atoms with Crippen LogP contribution in [0, 0.1) is 0 Å². The molecule has 2 aromatic heterocycles. The van der Waals surface area contributed by atoms with E-state index in [1.807, 2.05) is 0 Å². The van der Waals surface area contributed by atoms with Crippen molar-refractivity contribution >= 4 is 43.5 Å². The van der Waals surface area contributed by atoms with Crippen LogP contribution in [-0.4, -0.2) is 9.55 Å². The summed E-state index contributed by atoms with van der Waals surface area (Å²) in [5, 5.41) is 6.47. The van der Waals surface area contributed by atoms with Gasteiger partial charge in [0.15, 0.2) is 0 Å². The van der Waals surface area contributed by atoms with Crippen molar-refractivity contribution in [3.63, 3.8) is 0 Å². The van der Waals surface area contributed by atoms with E-state index >= 15 is 0 Å². The molecule has 2 heteroatoms. The fourth-order valence-corrected chi connectivity index (χ4v) is 13.4. The minimum Gasteiger partial charge on any atom is -0.309 e. The second-order valence-corrected chi connectivity index (χ2v) is 19.4. The summed E-state index contributed by atoms with van der Waals surface area (Å²) in [6.07, 6.45) is 13.4. The highest BCUT2D eigenvalue weighted by Crippen LogP contribution is 2.64. The third-order valence-corrected chi connectivity index (χ3v) is 16.2. The average Bonchev–Trinajstić information content (AvgIpc) is 3.98. The minimum absolute atomic E-state index is 0.401. The molecule has 2 heterocycles. The molecule has 1 spiro atoms. The molecule has 0 saturated heterocycles. The predicted octanol–water partition coefficient (Wildman–Crippen LogP) is 16.6. The number of aromatic nitrogens is 2. The van der Waals surface area contributed by atoms with Gasteiger partial charge in [0.25, 0.3) is 0 Å². The summed E-state index contributed by atoms with van der Waals surface area (Å²) >= 11 is 0. The van der Waals surface area contributed by atoms with E-state index in [2.05, 4.69) is 174 Å². The third kappa shape index (κ3) is 5.11. The van der Waals surface area contributed by atoms with Gasteiger partial charge in [0.05, 0.1) is 27.7 Å². The largest absolute Gasteiger partial charge is 0.309 e. The molecule has 0 N–H and O–H groups in total. The number of fused-ring (bicyclic) bond motifs is 17. The normalized spacial score (nSPS) is 16.8. The van der Waals surface area contributed by atoms with Gasteiger partial charge in [0.2, 0.25) is 0 Å². The Labute approximate surface area is 375 Å². The fourth-order valence-electron chi connectivity index (χ4n) is 13.4. The van der Waals surface area contributed by atoms with E-state index in [9.17, 15) is 0 Å². The van der Waals surface area contributed by atoms with E-state index < -0.39 is 5.41 Å². The van der Waals surface area contributed by atoms with E-state index in [4.69, 9.17) is 4.98 Å². The lowest BCUT2D eigenvalue weighted by molar-refractivity contribution is 0.444. The Morgan fingerprint density at radius 3 is 1.62 bits per heavy atom. The zero-order valence-corrected chi connectivity index (χ0v) is 36.3. The average molecular weight is 823 g/mol. The lowest BCUT2D eigenvalue weighted by Crippen LogP contribution is -2.25. The third-order valence-electron chi connectivity index (χ3n) is 16.2. The summed E-state index contributed by atoms with van der Waals surface area (Å²) in [6.45, 7) is 0. The lowest BCUT2D eigenvalue weighted by Gasteiger charge is -2.30. The number of pyridine rings is 1. The molecule has 2 fully saturated rings. The molecule has 0 atom stereocenters. The van der Waals surface area contributed by atoms with Gasteiger partial charge in [-0.1, -0.05) is 166 Å². The summed E-state index contributed by atoms with van der Waals surface area (Å²) in [5.74, 6) is 1.32. The second kappa shape index (κ2) is 14.1. The molecule has 308 valence electrons. The molecule has 0 amide bonds. The monoisotopic (exact) mass is 822 g/mol. The van der Waals surface area contributed by atoms with Gasteiger partial charge in [-0.25, -0.2) is 4.98 Å². The van der Waals surface area contributed by atoms with Crippen LogP contribution in [0.25, 0.3) is 82.7 Å². The molecule has 2 nitrogen and oxygen atoms in total. The van der Waals surface area contributed by atoms with Crippen LogP contribution < -0.4 is 0 Å². The maximum atomic E-state index is 5.58. The summed E-state index contributed by atoms with van der Waals surface area (Å²) in [4.78, 5) is 5.58. The summed E-state index contributed by atoms with van der Waals surface area (Å²) in [6, 6.07) is 65.2. The standard InChI is InChI=1S/C62H50N2/c1-3-16-39(17-4-1)41-30-34-57-50(37-41)51-38-42(40-18-5-2-6-19-40)31-35-58(51)64(57)44-21-15-20-43(36-44)61-49-32-33-55-60(59(49)48-25-10-14-29-56(48)63-61)47-24-9-13-28-54(47)62(55)52-26-11-7-22-45(52)46-23-8-12-27-53(46)62/h7-15,20-40H,1-6,16-19H2. The van der Waals surface area contributed by atoms with E-state index in [1.54, 1.807) is 0 Å². The van der Waals surface area contributed by atoms with Gasteiger partial charge in [-0.2, -0.15) is 0 Å². The van der Waals surface area contributed by atoms with Gasteiger partial charge in [0.1, 0.15) is 0 Å². The zero-order valence-electron chi connectivity index (χ0n) is 36.3. The van der Waals surface area contributed by atoms with Crippen molar-refractivity contribution in [1.29, 1.82) is 0 Å². The molecule has 4 aliphatic rings. The molecule has 0 bridgehead atoms. The zero-order chi connectivity index (χ0) is 41.9. The smallest absolute Gasteiger partial charge is 0.0789 e. The first-order chi connectivity index (χ1) is 31.8. The van der Waals surface area contributed by atoms with Crippen molar-refractivity contribution in [3.8, 4) is 39.2 Å². The van der Waals surface area contributed by atoms with Crippen molar-refractivity contribution in [1.82, 2.24) is 9.55 Å². The molecule has 10 aromatic rings. The maximum Gasteiger partial charge on any atom is 0.0789 e. The van der Waals surface area contributed by atoms with Gasteiger partial charge >= 0.3 is 0 Å². The first kappa shape index (κ1) is 36.7. The van der Waals surface area contributed by atoms with Crippen LogP contribution in [-0.2, 0) is 5.41 Å². The molecular weight excluding hydrogens is 773 g/mol. The molecule has 2 saturated carbocycles. The molecule has 8 aromatic carbocycles. The first-order valence-corrected chi connectivity index (χ1v) is 24.1. The van der Waals surface area contributed by atoms with Crippen molar-refractivity contribution in [3.05, 3.63) is 203 Å². The highest BCUT2D eigenvalue weighted by molar-refractivity contribution is 6.20. The lowest BCUT2D eigenvalue weighted by atomic mass is 9.70. The van der Waals surface area contributed by atoms with Gasteiger partial charge in [-0.05, 0) is 136 Å². The van der Waals surface area contributed by atoms with E-state index in [1.165, 1.54) is 163 Å². The Balaban J connectivity index is 0.997. The van der Waals surface area contributed by atoms with Crippen LogP contribution >= 0.6 is 0 Å². The van der Waals surface area contributed by atoms with E-state index in [-0.39, 0.29) is 0 Å². The maximum absolute atomic E-state index is 5.58. The van der Waals surface area contributed by atoms with Crippen molar-refractivity contribution < 1.29 is 0 Å². The SMILES string of the molecule is c1cc(-c2nc3ccccc3c3c4c(ccc23)C2(c3ccccc3-c3ccccc32)c2ccccc2-4)cc(-n2c3ccc(C4CCCCC4)cc3c3cc(C4CCCCC4)ccc32)c1. The molecule has 0 unspecified atom stereocenters. The van der Waals surface area contributed by atoms with E-state index in [0.29, 0.717) is 11.8 Å². The number of hydrogen-bond acceptors (Lipinski definition) is 1. The Kier molecular flexibility index (Phi) is 8.09. The van der Waals surface area contributed by atoms with Crippen LogP contribution in [0.4, 0.5) is 0 Å². The second-order valence-electron chi connectivity index (χ2n) is 19.4. The number of para-hydroxylation sites is 1. The number of benzene rings is 8. The molecule has 64 heavy (non-hydrogen) atoms. The summed E-state index contributed by atoms with van der Waals surface area (Å²) in [5.41, 5.74) is 20.4. The Morgan fingerprint density at radius 2 is 0.984 bits per heavy atom. The van der Waals surface area contributed by atoms with Crippen molar-refractivity contribution in [2.45, 2.75) is 81.5 Å². The first-order valence-electron chi connectivity index (χ1n) is 24.1. The minimum atomic E-state index is -0.401. The Morgan fingerprint density at radius 1 is 0.422 bits per heavy atom. The molecule has 14 rings (SSSR count). The van der Waals surface area contributed by atoms with E-state index in [0.717, 1.165) is 16.8 Å². The van der Waals surface area contributed by atoms with Crippen LogP contribution in [0.5, 0.6) is 0 Å². The summed E-state index contributed by atoms with van der Waals surface area (Å²) in [7, 11) is 0. The number of rotatable bonds is 4. The molecular formula is C62H50N2. The van der Waals surface area contributed by atoms with Gasteiger partial charge in [0, 0.05) is 38.2 Å². The quantitative estimate of drug-likeness (QED) is 0.162. The van der Waals surface area contributed by atoms with Crippen molar-refractivity contribution in [2.75, 3.05) is 0 Å². The van der Waals surface area contributed by atoms with Crippen LogP contribution in [0.3, 0.4) is 0 Å². The molecule has 0 radical (unpaired) electrons. The number of nitrogens with zero attached hydrogens (tertiary/aromatic N) is 2. The Hall–Kier alpha value is -6.77. The highest BCUT2D eigenvalue weighted by atomic mass is 15.0. The fraction of sp³-hybridized carbons (Fsp3) is 0.210. The topological polar surface area (TPSA) is 17.8 Å². The van der Waals surface area contributed by atoms with Gasteiger partial charge in [-0.15, -0.1) is 0 Å². The van der Waals surface area contributed by atoms with Crippen LogP contribution in [0.1, 0.15) is 109 Å². The molecule has 4 aliphatic carbocycles. The predicted molar refractivity (Wildman–Crippen MR) is 267 cm³/mol. The summed E-state index contributed by atoms with van der Waals surface area (Å²) < 4.78 is 2.54.